The van der Waals surface area contributed by atoms with Crippen LogP contribution >= 0.6 is 0 Å². The van der Waals surface area contributed by atoms with Crippen LogP contribution in [-0.2, 0) is 14.3 Å². The Morgan fingerprint density at radius 2 is 1.90 bits per heavy atom. The zero-order valence-electron chi connectivity index (χ0n) is 12.4. The minimum Gasteiger partial charge on any atom is -0.465 e. The van der Waals surface area contributed by atoms with Gasteiger partial charge in [-0.25, -0.2) is 0 Å². The van der Waals surface area contributed by atoms with Crippen LogP contribution in [0.1, 0.15) is 26.7 Å². The highest BCUT2D eigenvalue weighted by atomic mass is 16.5. The number of carbonyl (C=O) groups excluding carboxylic acids is 2. The molecule has 0 spiro atoms. The fraction of sp³-hybridized carbons (Fsp3) is 0.857. The van der Waals surface area contributed by atoms with Gasteiger partial charge in [0, 0.05) is 32.2 Å². The van der Waals surface area contributed by atoms with Crippen LogP contribution in [0.3, 0.4) is 0 Å². The zero-order valence-corrected chi connectivity index (χ0v) is 12.4. The van der Waals surface area contributed by atoms with E-state index in [1.54, 1.807) is 0 Å². The first-order valence-electron chi connectivity index (χ1n) is 7.52. The molecule has 1 saturated carbocycles. The summed E-state index contributed by atoms with van der Waals surface area (Å²) in [6, 6.07) is 0.329. The normalized spacial score (nSPS) is 22.3. The average Bonchev–Trinajstić information content (AvgIpc) is 3.23. The fourth-order valence-electron chi connectivity index (χ4n) is 2.41. The molecule has 1 unspecified atom stereocenters. The summed E-state index contributed by atoms with van der Waals surface area (Å²) < 4.78 is 4.95. The number of hydrogen-bond acceptors (Lipinski definition) is 5. The number of nitrogens with one attached hydrogen (secondary N) is 1. The second kappa shape index (κ2) is 7.04. The molecule has 20 heavy (non-hydrogen) atoms. The van der Waals surface area contributed by atoms with Gasteiger partial charge in [-0.2, -0.15) is 0 Å². The summed E-state index contributed by atoms with van der Waals surface area (Å²) in [4.78, 5) is 27.7. The van der Waals surface area contributed by atoms with Gasteiger partial charge < -0.3 is 10.1 Å². The lowest BCUT2D eigenvalue weighted by atomic mass is 10.2. The number of carbonyl (C=O) groups is 2. The molecule has 2 fully saturated rings. The highest BCUT2D eigenvalue weighted by molar-refractivity contribution is 5.81. The number of hydrogen-bond donors (Lipinski definition) is 1. The highest BCUT2D eigenvalue weighted by Gasteiger charge is 2.30. The van der Waals surface area contributed by atoms with Crippen LogP contribution in [0.25, 0.3) is 0 Å². The molecular weight excluding hydrogens is 258 g/mol. The van der Waals surface area contributed by atoms with E-state index in [4.69, 9.17) is 4.74 Å². The number of ether oxygens (including phenoxy) is 1. The predicted octanol–water partition coefficient (Wildman–Crippen LogP) is -0.166. The molecule has 1 heterocycles. The summed E-state index contributed by atoms with van der Waals surface area (Å²) in [5.41, 5.74) is 0. The van der Waals surface area contributed by atoms with E-state index in [0.717, 1.165) is 39.0 Å². The van der Waals surface area contributed by atoms with Gasteiger partial charge in [0.05, 0.1) is 19.2 Å². The molecule has 1 atom stereocenters. The van der Waals surface area contributed by atoms with Crippen molar-refractivity contribution < 1.29 is 14.3 Å². The van der Waals surface area contributed by atoms with Crippen molar-refractivity contribution in [1.29, 1.82) is 0 Å². The molecule has 0 radical (unpaired) electrons. The number of rotatable bonds is 6. The molecule has 2 aliphatic rings. The van der Waals surface area contributed by atoms with E-state index in [-0.39, 0.29) is 17.9 Å². The van der Waals surface area contributed by atoms with E-state index in [1.165, 1.54) is 0 Å². The first-order valence-corrected chi connectivity index (χ1v) is 7.52. The molecule has 0 bridgehead atoms. The summed E-state index contributed by atoms with van der Waals surface area (Å²) in [6.07, 6.45) is 2.23. The summed E-state index contributed by atoms with van der Waals surface area (Å²) in [7, 11) is 0. The lowest BCUT2D eigenvalue weighted by Crippen LogP contribution is -2.54. The molecule has 1 N–H and O–H groups in total. The Balaban J connectivity index is 1.69. The van der Waals surface area contributed by atoms with Crippen LogP contribution in [0, 0.1) is 0 Å². The Morgan fingerprint density at radius 3 is 2.45 bits per heavy atom. The number of nitrogens with zero attached hydrogens (tertiary/aromatic N) is 2. The maximum Gasteiger partial charge on any atom is 0.320 e. The van der Waals surface area contributed by atoms with Crippen LogP contribution in [0.2, 0.25) is 0 Å². The molecular formula is C14H25N3O3. The maximum atomic E-state index is 12.0. The van der Waals surface area contributed by atoms with Gasteiger partial charge in [0.1, 0.15) is 0 Å². The maximum absolute atomic E-state index is 12.0. The number of esters is 1. The van der Waals surface area contributed by atoms with Gasteiger partial charge in [0.15, 0.2) is 0 Å². The number of piperazine rings is 1. The van der Waals surface area contributed by atoms with Gasteiger partial charge in [0.25, 0.3) is 0 Å². The van der Waals surface area contributed by atoms with Gasteiger partial charge in [-0.1, -0.05) is 0 Å². The van der Waals surface area contributed by atoms with Crippen LogP contribution in [0.15, 0.2) is 0 Å². The lowest BCUT2D eigenvalue weighted by Gasteiger charge is -2.36. The molecule has 1 saturated heterocycles. The molecule has 6 nitrogen and oxygen atoms in total. The molecule has 0 aromatic carbocycles. The van der Waals surface area contributed by atoms with Crippen molar-refractivity contribution >= 4 is 11.9 Å². The smallest absolute Gasteiger partial charge is 0.320 e. The molecule has 1 amide bonds. The molecule has 1 aliphatic heterocycles. The van der Waals surface area contributed by atoms with Crippen molar-refractivity contribution in [3.05, 3.63) is 0 Å². The van der Waals surface area contributed by atoms with Gasteiger partial charge in [0.2, 0.25) is 5.91 Å². The highest BCUT2D eigenvalue weighted by Crippen LogP contribution is 2.19. The second-order valence-electron chi connectivity index (χ2n) is 5.58. The largest absolute Gasteiger partial charge is 0.465 e. The van der Waals surface area contributed by atoms with Crippen molar-refractivity contribution in [3.8, 4) is 0 Å². The zero-order chi connectivity index (χ0) is 14.5. The third-order valence-corrected chi connectivity index (χ3v) is 3.92. The predicted molar refractivity (Wildman–Crippen MR) is 75.3 cm³/mol. The summed E-state index contributed by atoms with van der Waals surface area (Å²) in [5, 5.41) is 3.04. The van der Waals surface area contributed by atoms with Crippen LogP contribution in [-0.4, -0.2) is 73.1 Å². The van der Waals surface area contributed by atoms with Crippen LogP contribution in [0.5, 0.6) is 0 Å². The molecule has 1 aliphatic carbocycles. The minimum atomic E-state index is -0.166. The second-order valence-corrected chi connectivity index (χ2v) is 5.58. The molecule has 6 heteroatoms. The van der Waals surface area contributed by atoms with Crippen molar-refractivity contribution in [2.45, 2.75) is 38.8 Å². The van der Waals surface area contributed by atoms with E-state index >= 15 is 0 Å². The Morgan fingerprint density at radius 1 is 1.25 bits per heavy atom. The lowest BCUT2D eigenvalue weighted by molar-refractivity contribution is -0.145. The Bertz CT molecular complexity index is 350. The van der Waals surface area contributed by atoms with E-state index in [2.05, 4.69) is 15.1 Å². The van der Waals surface area contributed by atoms with Crippen molar-refractivity contribution in [3.63, 3.8) is 0 Å². The molecule has 0 aromatic heterocycles. The van der Waals surface area contributed by atoms with Crippen LogP contribution < -0.4 is 5.32 Å². The summed E-state index contributed by atoms with van der Waals surface area (Å²) in [6.45, 7) is 7.80. The van der Waals surface area contributed by atoms with Gasteiger partial charge in [-0.05, 0) is 26.7 Å². The van der Waals surface area contributed by atoms with Gasteiger partial charge in [-0.15, -0.1) is 0 Å². The fourth-order valence-corrected chi connectivity index (χ4v) is 2.41. The van der Waals surface area contributed by atoms with Crippen LogP contribution in [0.4, 0.5) is 0 Å². The van der Waals surface area contributed by atoms with E-state index in [0.29, 0.717) is 19.2 Å². The van der Waals surface area contributed by atoms with Crippen molar-refractivity contribution in [1.82, 2.24) is 15.1 Å². The van der Waals surface area contributed by atoms with Crippen molar-refractivity contribution in [2.75, 3.05) is 39.3 Å². The minimum absolute atomic E-state index is 0.0830. The van der Waals surface area contributed by atoms with Gasteiger partial charge in [-0.3, -0.25) is 19.4 Å². The first-order chi connectivity index (χ1) is 9.60. The average molecular weight is 283 g/mol. The molecule has 0 aromatic rings. The third-order valence-electron chi connectivity index (χ3n) is 3.92. The monoisotopic (exact) mass is 283 g/mol. The standard InChI is InChI=1S/C14H25N3O3/c1-3-20-13(18)10-16-6-8-17(9-7-16)11(2)14(19)15-12-4-5-12/h11-12H,3-10H2,1-2H3,(H,15,19). The molecule has 2 rings (SSSR count). The number of amides is 1. The first kappa shape index (κ1) is 15.3. The SMILES string of the molecule is CCOC(=O)CN1CCN(C(C)C(=O)NC2CC2)CC1. The molecule has 114 valence electrons. The van der Waals surface area contributed by atoms with Gasteiger partial charge >= 0.3 is 5.97 Å². The third kappa shape index (κ3) is 4.45. The quantitative estimate of drug-likeness (QED) is 0.686. The van der Waals surface area contributed by atoms with E-state index in [9.17, 15) is 9.59 Å². The topological polar surface area (TPSA) is 61.9 Å². The van der Waals surface area contributed by atoms with Crippen molar-refractivity contribution in [2.24, 2.45) is 0 Å². The van der Waals surface area contributed by atoms with E-state index in [1.807, 2.05) is 13.8 Å². The Hall–Kier alpha value is -1.14. The Kier molecular flexibility index (Phi) is 5.37. The summed E-state index contributed by atoms with van der Waals surface area (Å²) in [5.74, 6) is -0.0354. The van der Waals surface area contributed by atoms with E-state index < -0.39 is 0 Å². The Labute approximate surface area is 120 Å². The summed E-state index contributed by atoms with van der Waals surface area (Å²) >= 11 is 0.